The molecule has 1 N–H and O–H groups in total. The minimum absolute atomic E-state index is 0.206. The average Bonchev–Trinajstić information content (AvgIpc) is 2.48. The molecule has 0 saturated heterocycles. The van der Waals surface area contributed by atoms with Crippen LogP contribution in [-0.2, 0) is 22.7 Å². The first-order chi connectivity index (χ1) is 9.86. The van der Waals surface area contributed by atoms with Crippen LogP contribution >= 0.6 is 0 Å². The SMILES string of the molecule is COCc1cccc(NC2COCc3ccccc32)c1. The van der Waals surface area contributed by atoms with Crippen molar-refractivity contribution in [3.05, 3.63) is 65.2 Å². The van der Waals surface area contributed by atoms with Gasteiger partial charge in [0.1, 0.15) is 0 Å². The number of anilines is 1. The number of hydrogen-bond donors (Lipinski definition) is 1. The lowest BCUT2D eigenvalue weighted by atomic mass is 9.99. The van der Waals surface area contributed by atoms with E-state index in [9.17, 15) is 0 Å². The first-order valence-corrected chi connectivity index (χ1v) is 6.87. The highest BCUT2D eigenvalue weighted by atomic mass is 16.5. The fourth-order valence-electron chi connectivity index (χ4n) is 2.62. The van der Waals surface area contributed by atoms with Gasteiger partial charge in [-0.15, -0.1) is 0 Å². The number of ether oxygens (including phenoxy) is 2. The molecule has 20 heavy (non-hydrogen) atoms. The highest BCUT2D eigenvalue weighted by Gasteiger charge is 2.19. The maximum absolute atomic E-state index is 5.67. The Labute approximate surface area is 119 Å². The van der Waals surface area contributed by atoms with Crippen LogP contribution in [0.25, 0.3) is 0 Å². The van der Waals surface area contributed by atoms with Crippen LogP contribution in [-0.4, -0.2) is 13.7 Å². The third-order valence-corrected chi connectivity index (χ3v) is 3.55. The van der Waals surface area contributed by atoms with Crippen molar-refractivity contribution in [1.82, 2.24) is 0 Å². The summed E-state index contributed by atoms with van der Waals surface area (Å²) in [6, 6.07) is 17.0. The molecular weight excluding hydrogens is 250 g/mol. The van der Waals surface area contributed by atoms with Crippen LogP contribution in [0.15, 0.2) is 48.5 Å². The molecule has 104 valence electrons. The van der Waals surface area contributed by atoms with Crippen molar-refractivity contribution in [2.24, 2.45) is 0 Å². The molecule has 0 aromatic heterocycles. The molecule has 0 radical (unpaired) electrons. The zero-order valence-corrected chi connectivity index (χ0v) is 11.6. The molecule has 1 aliphatic heterocycles. The van der Waals surface area contributed by atoms with Gasteiger partial charge in [0, 0.05) is 12.8 Å². The molecule has 2 aromatic carbocycles. The molecule has 0 fully saturated rings. The van der Waals surface area contributed by atoms with Crippen molar-refractivity contribution in [3.8, 4) is 0 Å². The lowest BCUT2D eigenvalue weighted by molar-refractivity contribution is 0.0970. The topological polar surface area (TPSA) is 30.5 Å². The molecular formula is C17H19NO2. The monoisotopic (exact) mass is 269 g/mol. The molecule has 1 atom stereocenters. The molecule has 0 bridgehead atoms. The third-order valence-electron chi connectivity index (χ3n) is 3.55. The van der Waals surface area contributed by atoms with Crippen LogP contribution in [0, 0.1) is 0 Å². The van der Waals surface area contributed by atoms with Crippen molar-refractivity contribution in [1.29, 1.82) is 0 Å². The Balaban J connectivity index is 1.80. The van der Waals surface area contributed by atoms with Gasteiger partial charge >= 0.3 is 0 Å². The van der Waals surface area contributed by atoms with E-state index < -0.39 is 0 Å². The smallest absolute Gasteiger partial charge is 0.0751 e. The minimum Gasteiger partial charge on any atom is -0.380 e. The van der Waals surface area contributed by atoms with E-state index in [1.807, 2.05) is 6.07 Å². The fraction of sp³-hybridized carbons (Fsp3) is 0.294. The van der Waals surface area contributed by atoms with Gasteiger partial charge < -0.3 is 14.8 Å². The summed E-state index contributed by atoms with van der Waals surface area (Å²) >= 11 is 0. The summed E-state index contributed by atoms with van der Waals surface area (Å²) in [7, 11) is 1.71. The molecule has 0 spiro atoms. The van der Waals surface area contributed by atoms with Crippen LogP contribution in [0.4, 0.5) is 5.69 Å². The van der Waals surface area contributed by atoms with E-state index in [-0.39, 0.29) is 6.04 Å². The normalized spacial score (nSPS) is 17.6. The first kappa shape index (κ1) is 13.2. The molecule has 3 rings (SSSR count). The molecule has 1 heterocycles. The van der Waals surface area contributed by atoms with E-state index in [1.54, 1.807) is 7.11 Å². The first-order valence-electron chi connectivity index (χ1n) is 6.87. The molecule has 1 aliphatic rings. The van der Waals surface area contributed by atoms with Crippen LogP contribution in [0.5, 0.6) is 0 Å². The van der Waals surface area contributed by atoms with Gasteiger partial charge in [-0.25, -0.2) is 0 Å². The Kier molecular flexibility index (Phi) is 4.00. The maximum Gasteiger partial charge on any atom is 0.0751 e. The quantitative estimate of drug-likeness (QED) is 0.921. The summed E-state index contributed by atoms with van der Waals surface area (Å²) in [6.07, 6.45) is 0. The number of methoxy groups -OCH3 is 1. The summed E-state index contributed by atoms with van der Waals surface area (Å²) in [4.78, 5) is 0. The Morgan fingerprint density at radius 2 is 2.10 bits per heavy atom. The molecule has 3 heteroatoms. The van der Waals surface area contributed by atoms with Crippen molar-refractivity contribution in [2.45, 2.75) is 19.3 Å². The molecule has 0 amide bonds. The lowest BCUT2D eigenvalue weighted by Gasteiger charge is -2.27. The van der Waals surface area contributed by atoms with Gasteiger partial charge in [0.25, 0.3) is 0 Å². The molecule has 0 aliphatic carbocycles. The second-order valence-corrected chi connectivity index (χ2v) is 5.04. The van der Waals surface area contributed by atoms with Crippen molar-refractivity contribution in [3.63, 3.8) is 0 Å². The van der Waals surface area contributed by atoms with Crippen molar-refractivity contribution in [2.75, 3.05) is 19.0 Å². The van der Waals surface area contributed by atoms with E-state index >= 15 is 0 Å². The average molecular weight is 269 g/mol. The van der Waals surface area contributed by atoms with Gasteiger partial charge in [-0.2, -0.15) is 0 Å². The van der Waals surface area contributed by atoms with Crippen LogP contribution in [0.2, 0.25) is 0 Å². The van der Waals surface area contributed by atoms with Crippen molar-refractivity contribution >= 4 is 5.69 Å². The summed E-state index contributed by atoms with van der Waals surface area (Å²) in [5, 5.41) is 3.56. The van der Waals surface area contributed by atoms with E-state index in [0.717, 1.165) is 5.69 Å². The highest BCUT2D eigenvalue weighted by Crippen LogP contribution is 2.28. The molecule has 1 unspecified atom stereocenters. The molecule has 2 aromatic rings. The second-order valence-electron chi connectivity index (χ2n) is 5.04. The van der Waals surface area contributed by atoms with Gasteiger partial charge in [0.05, 0.1) is 25.9 Å². The standard InChI is InChI=1S/C17H19NO2/c1-19-10-13-5-4-7-15(9-13)18-17-12-20-11-14-6-2-3-8-16(14)17/h2-9,17-18H,10-12H2,1H3. The number of hydrogen-bond acceptors (Lipinski definition) is 3. The molecule has 3 nitrogen and oxygen atoms in total. The molecule has 0 saturated carbocycles. The summed E-state index contributed by atoms with van der Waals surface area (Å²) in [5.41, 5.74) is 4.87. The summed E-state index contributed by atoms with van der Waals surface area (Å²) < 4.78 is 10.8. The van der Waals surface area contributed by atoms with Gasteiger partial charge in [-0.05, 0) is 28.8 Å². The predicted molar refractivity (Wildman–Crippen MR) is 79.6 cm³/mol. The zero-order valence-electron chi connectivity index (χ0n) is 11.6. The number of benzene rings is 2. The van der Waals surface area contributed by atoms with Crippen LogP contribution in [0.1, 0.15) is 22.7 Å². The van der Waals surface area contributed by atoms with Crippen LogP contribution in [0.3, 0.4) is 0 Å². The third kappa shape index (κ3) is 2.84. The lowest BCUT2D eigenvalue weighted by Crippen LogP contribution is -2.23. The highest BCUT2D eigenvalue weighted by molar-refractivity contribution is 5.49. The Bertz CT molecular complexity index is 583. The predicted octanol–water partition coefficient (Wildman–Crippen LogP) is 3.52. The van der Waals surface area contributed by atoms with E-state index in [2.05, 4.69) is 47.8 Å². The maximum atomic E-state index is 5.67. The fourth-order valence-corrected chi connectivity index (χ4v) is 2.62. The van der Waals surface area contributed by atoms with Crippen molar-refractivity contribution < 1.29 is 9.47 Å². The van der Waals surface area contributed by atoms with E-state index in [0.29, 0.717) is 19.8 Å². The van der Waals surface area contributed by atoms with Gasteiger partial charge in [-0.1, -0.05) is 36.4 Å². The van der Waals surface area contributed by atoms with E-state index in [4.69, 9.17) is 9.47 Å². The largest absolute Gasteiger partial charge is 0.380 e. The Hall–Kier alpha value is -1.84. The number of rotatable bonds is 4. The van der Waals surface area contributed by atoms with Gasteiger partial charge in [0.2, 0.25) is 0 Å². The zero-order chi connectivity index (χ0) is 13.8. The Morgan fingerprint density at radius 3 is 3.00 bits per heavy atom. The van der Waals surface area contributed by atoms with Gasteiger partial charge in [-0.3, -0.25) is 0 Å². The summed E-state index contributed by atoms with van der Waals surface area (Å²) in [6.45, 7) is 2.04. The van der Waals surface area contributed by atoms with E-state index in [1.165, 1.54) is 16.7 Å². The second kappa shape index (κ2) is 6.07. The minimum atomic E-state index is 0.206. The number of fused-ring (bicyclic) bond motifs is 1. The number of nitrogens with one attached hydrogen (secondary N) is 1. The van der Waals surface area contributed by atoms with Gasteiger partial charge in [0.15, 0.2) is 0 Å². The Morgan fingerprint density at radius 1 is 1.20 bits per heavy atom. The summed E-state index contributed by atoms with van der Waals surface area (Å²) in [5.74, 6) is 0. The van der Waals surface area contributed by atoms with Crippen LogP contribution < -0.4 is 5.32 Å².